The van der Waals surface area contributed by atoms with E-state index in [1.807, 2.05) is 0 Å². The van der Waals surface area contributed by atoms with Crippen LogP contribution in [0.2, 0.25) is 0 Å². The van der Waals surface area contributed by atoms with Gasteiger partial charge in [-0.2, -0.15) is 10.1 Å². The standard InChI is InChI=1S/C8H7FN4O/c1-14-7-2-3-10-8(12-7)13-5-6(9)4-11-13/h2-5H,1H3. The first kappa shape index (κ1) is 8.61. The Labute approximate surface area is 79.2 Å². The summed E-state index contributed by atoms with van der Waals surface area (Å²) in [6.45, 7) is 0. The molecule has 0 amide bonds. The molecule has 2 aromatic heterocycles. The molecule has 2 heterocycles. The Kier molecular flexibility index (Phi) is 2.10. The quantitative estimate of drug-likeness (QED) is 0.709. The van der Waals surface area contributed by atoms with E-state index in [-0.39, 0.29) is 5.95 Å². The Morgan fingerprint density at radius 1 is 1.50 bits per heavy atom. The molecule has 0 spiro atoms. The van der Waals surface area contributed by atoms with Gasteiger partial charge in [-0.25, -0.2) is 14.1 Å². The summed E-state index contributed by atoms with van der Waals surface area (Å²) in [5, 5.41) is 3.72. The van der Waals surface area contributed by atoms with E-state index in [4.69, 9.17) is 4.74 Å². The molecule has 2 aromatic rings. The highest BCUT2D eigenvalue weighted by atomic mass is 19.1. The largest absolute Gasteiger partial charge is 0.481 e. The number of rotatable bonds is 2. The van der Waals surface area contributed by atoms with Gasteiger partial charge in [-0.05, 0) is 0 Å². The van der Waals surface area contributed by atoms with Crippen LogP contribution in [0.1, 0.15) is 0 Å². The molecule has 0 aliphatic rings. The van der Waals surface area contributed by atoms with Crippen molar-refractivity contribution in [2.24, 2.45) is 0 Å². The summed E-state index contributed by atoms with van der Waals surface area (Å²) in [7, 11) is 1.50. The Bertz CT molecular complexity index is 442. The maximum atomic E-state index is 12.6. The zero-order chi connectivity index (χ0) is 9.97. The van der Waals surface area contributed by atoms with Crippen LogP contribution in [0, 0.1) is 5.82 Å². The minimum absolute atomic E-state index is 0.272. The summed E-state index contributed by atoms with van der Waals surface area (Å²) in [5.74, 6) is 0.246. The van der Waals surface area contributed by atoms with Gasteiger partial charge in [-0.1, -0.05) is 0 Å². The average Bonchev–Trinajstić information content (AvgIpc) is 2.65. The SMILES string of the molecule is COc1ccnc(-n2cc(F)cn2)n1. The topological polar surface area (TPSA) is 52.8 Å². The lowest BCUT2D eigenvalue weighted by Gasteiger charge is -2.00. The fraction of sp³-hybridized carbons (Fsp3) is 0.125. The molecule has 14 heavy (non-hydrogen) atoms. The van der Waals surface area contributed by atoms with E-state index in [1.54, 1.807) is 6.07 Å². The van der Waals surface area contributed by atoms with Crippen molar-refractivity contribution in [1.29, 1.82) is 0 Å². The second kappa shape index (κ2) is 3.41. The number of methoxy groups -OCH3 is 1. The number of hydrogen-bond acceptors (Lipinski definition) is 4. The molecule has 6 heteroatoms. The Balaban J connectivity index is 2.41. The van der Waals surface area contributed by atoms with Crippen LogP contribution >= 0.6 is 0 Å². The maximum absolute atomic E-state index is 12.6. The van der Waals surface area contributed by atoms with Crippen molar-refractivity contribution in [3.8, 4) is 11.8 Å². The fourth-order valence-corrected chi connectivity index (χ4v) is 0.967. The van der Waals surface area contributed by atoms with Crippen molar-refractivity contribution < 1.29 is 9.13 Å². The monoisotopic (exact) mass is 194 g/mol. The molecule has 0 bridgehead atoms. The van der Waals surface area contributed by atoms with Gasteiger partial charge in [-0.3, -0.25) is 0 Å². The molecular formula is C8H7FN4O. The van der Waals surface area contributed by atoms with Crippen LogP contribution in [-0.2, 0) is 0 Å². The number of halogens is 1. The lowest BCUT2D eigenvalue weighted by molar-refractivity contribution is 0.395. The molecule has 0 radical (unpaired) electrons. The molecule has 0 saturated carbocycles. The van der Waals surface area contributed by atoms with Gasteiger partial charge in [0.2, 0.25) is 5.88 Å². The number of hydrogen-bond donors (Lipinski definition) is 0. The van der Waals surface area contributed by atoms with Gasteiger partial charge in [0.05, 0.1) is 19.5 Å². The molecule has 72 valence electrons. The molecule has 0 atom stereocenters. The summed E-state index contributed by atoms with van der Waals surface area (Å²) >= 11 is 0. The van der Waals surface area contributed by atoms with Gasteiger partial charge in [0.25, 0.3) is 5.95 Å². The molecule has 0 saturated heterocycles. The first-order chi connectivity index (χ1) is 6.79. The second-order valence-electron chi connectivity index (χ2n) is 2.50. The highest BCUT2D eigenvalue weighted by molar-refractivity contribution is 5.16. The van der Waals surface area contributed by atoms with Crippen LogP contribution in [0.5, 0.6) is 5.88 Å². The molecule has 0 aliphatic heterocycles. The van der Waals surface area contributed by atoms with Crippen LogP contribution in [0.4, 0.5) is 4.39 Å². The van der Waals surface area contributed by atoms with Gasteiger partial charge in [0.1, 0.15) is 0 Å². The van der Waals surface area contributed by atoms with Crippen LogP contribution in [-0.4, -0.2) is 26.9 Å². The van der Waals surface area contributed by atoms with Gasteiger partial charge < -0.3 is 4.74 Å². The molecule has 2 rings (SSSR count). The number of ether oxygens (including phenoxy) is 1. The van der Waals surface area contributed by atoms with E-state index < -0.39 is 5.82 Å². The summed E-state index contributed by atoms with van der Waals surface area (Å²) in [6.07, 6.45) is 3.79. The van der Waals surface area contributed by atoms with E-state index in [0.29, 0.717) is 5.88 Å². The van der Waals surface area contributed by atoms with Crippen LogP contribution in [0.3, 0.4) is 0 Å². The second-order valence-corrected chi connectivity index (χ2v) is 2.50. The van der Waals surface area contributed by atoms with E-state index in [0.717, 1.165) is 6.20 Å². The Hall–Kier alpha value is -1.98. The van der Waals surface area contributed by atoms with Crippen molar-refractivity contribution in [2.45, 2.75) is 0 Å². The maximum Gasteiger partial charge on any atom is 0.253 e. The van der Waals surface area contributed by atoms with E-state index in [2.05, 4.69) is 15.1 Å². The number of nitrogens with zero attached hydrogens (tertiary/aromatic N) is 4. The molecule has 0 aliphatic carbocycles. The molecular weight excluding hydrogens is 187 g/mol. The van der Waals surface area contributed by atoms with Crippen molar-refractivity contribution in [3.63, 3.8) is 0 Å². The zero-order valence-corrected chi connectivity index (χ0v) is 7.38. The Morgan fingerprint density at radius 3 is 3.00 bits per heavy atom. The fourth-order valence-electron chi connectivity index (χ4n) is 0.967. The van der Waals surface area contributed by atoms with Crippen molar-refractivity contribution in [3.05, 3.63) is 30.5 Å². The highest BCUT2D eigenvalue weighted by Gasteiger charge is 2.03. The van der Waals surface area contributed by atoms with Gasteiger partial charge in [0.15, 0.2) is 5.82 Å². The molecule has 0 fully saturated rings. The number of aromatic nitrogens is 4. The molecule has 0 aromatic carbocycles. The summed E-state index contributed by atoms with van der Waals surface area (Å²) in [5.41, 5.74) is 0. The van der Waals surface area contributed by atoms with Gasteiger partial charge in [-0.15, -0.1) is 0 Å². The molecule has 0 N–H and O–H groups in total. The minimum Gasteiger partial charge on any atom is -0.481 e. The van der Waals surface area contributed by atoms with Gasteiger partial charge in [0, 0.05) is 12.3 Å². The molecule has 5 nitrogen and oxygen atoms in total. The predicted molar refractivity (Wildman–Crippen MR) is 45.7 cm³/mol. The van der Waals surface area contributed by atoms with Crippen LogP contribution < -0.4 is 4.74 Å². The van der Waals surface area contributed by atoms with Crippen molar-refractivity contribution in [2.75, 3.05) is 7.11 Å². The normalized spacial score (nSPS) is 10.1. The first-order valence-corrected chi connectivity index (χ1v) is 3.87. The van der Waals surface area contributed by atoms with Crippen molar-refractivity contribution >= 4 is 0 Å². The first-order valence-electron chi connectivity index (χ1n) is 3.87. The van der Waals surface area contributed by atoms with E-state index in [9.17, 15) is 4.39 Å². The van der Waals surface area contributed by atoms with Gasteiger partial charge >= 0.3 is 0 Å². The Morgan fingerprint density at radius 2 is 2.36 bits per heavy atom. The molecule has 0 unspecified atom stereocenters. The van der Waals surface area contributed by atoms with E-state index in [1.165, 1.54) is 24.2 Å². The van der Waals surface area contributed by atoms with E-state index >= 15 is 0 Å². The summed E-state index contributed by atoms with van der Waals surface area (Å²) in [6, 6.07) is 1.60. The third-order valence-electron chi connectivity index (χ3n) is 1.58. The van der Waals surface area contributed by atoms with Crippen LogP contribution in [0.25, 0.3) is 5.95 Å². The minimum atomic E-state index is -0.434. The zero-order valence-electron chi connectivity index (χ0n) is 7.38. The smallest absolute Gasteiger partial charge is 0.253 e. The lowest BCUT2D eigenvalue weighted by atomic mass is 10.6. The lowest BCUT2D eigenvalue weighted by Crippen LogP contribution is -2.02. The third-order valence-corrected chi connectivity index (χ3v) is 1.58. The van der Waals surface area contributed by atoms with Crippen molar-refractivity contribution in [1.82, 2.24) is 19.7 Å². The average molecular weight is 194 g/mol. The predicted octanol–water partition coefficient (Wildman–Crippen LogP) is 0.810. The van der Waals surface area contributed by atoms with Crippen LogP contribution in [0.15, 0.2) is 24.7 Å². The third kappa shape index (κ3) is 1.54. The highest BCUT2D eigenvalue weighted by Crippen LogP contribution is 2.07. The summed E-state index contributed by atoms with van der Waals surface area (Å²) in [4.78, 5) is 7.89. The summed E-state index contributed by atoms with van der Waals surface area (Å²) < 4.78 is 18.8.